The van der Waals surface area contributed by atoms with Crippen LogP contribution in [-0.2, 0) is 9.47 Å². The second-order valence-electron chi connectivity index (χ2n) is 4.40. The van der Waals surface area contributed by atoms with E-state index in [1.807, 2.05) is 0 Å². The van der Waals surface area contributed by atoms with Crippen molar-refractivity contribution in [3.63, 3.8) is 0 Å². The molecule has 1 saturated heterocycles. The van der Waals surface area contributed by atoms with E-state index in [1.54, 1.807) is 0 Å². The number of urea groups is 1. The molecule has 1 heterocycles. The van der Waals surface area contributed by atoms with E-state index >= 15 is 0 Å². The average molecular weight is 359 g/mol. The fourth-order valence-electron chi connectivity index (χ4n) is 1.78. The maximum atomic E-state index is 11.8. The number of benzene rings is 1. The van der Waals surface area contributed by atoms with Crippen LogP contribution in [0, 0.1) is 0 Å². The fourth-order valence-corrected chi connectivity index (χ4v) is 2.25. The summed E-state index contributed by atoms with van der Waals surface area (Å²) in [6, 6.07) is 3.97. The molecule has 0 saturated carbocycles. The molecular formula is C13H15BrN2O5. The lowest BCUT2D eigenvalue weighted by Gasteiger charge is -2.23. The van der Waals surface area contributed by atoms with E-state index in [4.69, 9.17) is 14.6 Å². The summed E-state index contributed by atoms with van der Waals surface area (Å²) in [5.41, 5.74) is 0.624. The molecule has 1 aliphatic heterocycles. The first kappa shape index (κ1) is 15.7. The second-order valence-corrected chi connectivity index (χ2v) is 5.26. The number of hydrogen-bond acceptors (Lipinski definition) is 4. The number of amides is 2. The summed E-state index contributed by atoms with van der Waals surface area (Å²) < 4.78 is 11.1. The van der Waals surface area contributed by atoms with Crippen LogP contribution in [0.5, 0.6) is 0 Å². The Bertz CT molecular complexity index is 531. The molecule has 8 heteroatoms. The van der Waals surface area contributed by atoms with Crippen molar-refractivity contribution in [3.05, 3.63) is 28.2 Å². The standard InChI is InChI=1S/C13H15BrN2O5/c14-10-5-8(12(17)18)1-2-11(10)16-13(19)15-6-9-7-20-3-4-21-9/h1-2,5,9H,3-4,6-7H2,(H,17,18)(H2,15,16,19). The van der Waals surface area contributed by atoms with E-state index in [2.05, 4.69) is 26.6 Å². The van der Waals surface area contributed by atoms with E-state index in [0.29, 0.717) is 36.5 Å². The number of ether oxygens (including phenoxy) is 2. The molecule has 3 N–H and O–H groups in total. The van der Waals surface area contributed by atoms with Gasteiger partial charge in [-0.05, 0) is 34.1 Å². The van der Waals surface area contributed by atoms with Gasteiger partial charge < -0.3 is 25.2 Å². The molecular weight excluding hydrogens is 344 g/mol. The molecule has 1 aromatic carbocycles. The molecule has 7 nitrogen and oxygen atoms in total. The van der Waals surface area contributed by atoms with E-state index in [9.17, 15) is 9.59 Å². The van der Waals surface area contributed by atoms with Crippen LogP contribution in [0.2, 0.25) is 0 Å². The summed E-state index contributed by atoms with van der Waals surface area (Å²) in [7, 11) is 0. The summed E-state index contributed by atoms with van der Waals surface area (Å²) in [6.07, 6.45) is -0.151. The molecule has 114 valence electrons. The van der Waals surface area contributed by atoms with Gasteiger partial charge in [0.05, 0.1) is 37.2 Å². The average Bonchev–Trinajstić information content (AvgIpc) is 2.48. The quantitative estimate of drug-likeness (QED) is 0.760. The monoisotopic (exact) mass is 358 g/mol. The Morgan fingerprint density at radius 2 is 2.19 bits per heavy atom. The predicted octanol–water partition coefficient (Wildman–Crippen LogP) is 1.68. The minimum absolute atomic E-state index is 0.139. The van der Waals surface area contributed by atoms with Crippen molar-refractivity contribution in [3.8, 4) is 0 Å². The van der Waals surface area contributed by atoms with E-state index in [1.165, 1.54) is 18.2 Å². The number of aromatic carboxylic acids is 1. The van der Waals surface area contributed by atoms with Crippen molar-refractivity contribution >= 4 is 33.6 Å². The molecule has 21 heavy (non-hydrogen) atoms. The summed E-state index contributed by atoms with van der Waals surface area (Å²) >= 11 is 3.22. The Balaban J connectivity index is 1.85. The normalized spacial score (nSPS) is 18.0. The van der Waals surface area contributed by atoms with Crippen LogP contribution in [-0.4, -0.2) is 49.6 Å². The number of anilines is 1. The van der Waals surface area contributed by atoms with Gasteiger partial charge in [0.25, 0.3) is 0 Å². The van der Waals surface area contributed by atoms with Crippen molar-refractivity contribution in [1.29, 1.82) is 0 Å². The van der Waals surface area contributed by atoms with Gasteiger partial charge in [-0.2, -0.15) is 0 Å². The van der Waals surface area contributed by atoms with E-state index < -0.39 is 12.0 Å². The Kier molecular flexibility index (Phi) is 5.54. The molecule has 1 aromatic rings. The van der Waals surface area contributed by atoms with Gasteiger partial charge in [-0.3, -0.25) is 0 Å². The van der Waals surface area contributed by atoms with E-state index in [-0.39, 0.29) is 11.7 Å². The van der Waals surface area contributed by atoms with Crippen LogP contribution in [0.25, 0.3) is 0 Å². The number of carbonyl (C=O) groups is 2. The highest BCUT2D eigenvalue weighted by atomic mass is 79.9. The van der Waals surface area contributed by atoms with E-state index in [0.717, 1.165) is 0 Å². The van der Waals surface area contributed by atoms with Crippen molar-refractivity contribution in [2.45, 2.75) is 6.10 Å². The molecule has 0 aliphatic carbocycles. The minimum Gasteiger partial charge on any atom is -0.478 e. The summed E-state index contributed by atoms with van der Waals surface area (Å²) in [5, 5.41) is 14.2. The zero-order valence-corrected chi connectivity index (χ0v) is 12.7. The Hall–Kier alpha value is -1.64. The number of halogens is 1. The number of nitrogens with one attached hydrogen (secondary N) is 2. The molecule has 0 aromatic heterocycles. The first-order valence-electron chi connectivity index (χ1n) is 6.33. The van der Waals surface area contributed by atoms with Gasteiger partial charge in [0.1, 0.15) is 0 Å². The molecule has 1 aliphatic rings. The first-order chi connectivity index (χ1) is 10.1. The summed E-state index contributed by atoms with van der Waals surface area (Å²) in [6.45, 7) is 1.90. The first-order valence-corrected chi connectivity index (χ1v) is 7.12. The van der Waals surface area contributed by atoms with Crippen molar-refractivity contribution in [2.75, 3.05) is 31.7 Å². The van der Waals surface area contributed by atoms with Crippen LogP contribution in [0.3, 0.4) is 0 Å². The predicted molar refractivity (Wildman–Crippen MR) is 78.7 cm³/mol. The molecule has 1 fully saturated rings. The SMILES string of the molecule is O=C(NCC1COCCO1)Nc1ccc(C(=O)O)cc1Br. The van der Waals surface area contributed by atoms with Gasteiger partial charge >= 0.3 is 12.0 Å². The third kappa shape index (κ3) is 4.69. The molecule has 2 amide bonds. The van der Waals surface area contributed by atoms with Crippen LogP contribution < -0.4 is 10.6 Å². The third-order valence-corrected chi connectivity index (χ3v) is 3.50. The third-order valence-electron chi connectivity index (χ3n) is 2.84. The fraction of sp³-hybridized carbons (Fsp3) is 0.385. The lowest BCUT2D eigenvalue weighted by Crippen LogP contribution is -2.41. The zero-order valence-electron chi connectivity index (χ0n) is 11.1. The van der Waals surface area contributed by atoms with Gasteiger partial charge in [-0.15, -0.1) is 0 Å². The molecule has 0 spiro atoms. The number of hydrogen-bond donors (Lipinski definition) is 3. The number of rotatable bonds is 4. The number of carboxylic acid groups (broad SMARTS) is 1. The maximum Gasteiger partial charge on any atom is 0.335 e. The Labute approximate surface area is 129 Å². The molecule has 1 atom stereocenters. The summed E-state index contributed by atoms with van der Waals surface area (Å²) in [4.78, 5) is 22.6. The van der Waals surface area contributed by atoms with Gasteiger partial charge in [-0.25, -0.2) is 9.59 Å². The number of carboxylic acids is 1. The van der Waals surface area contributed by atoms with Crippen molar-refractivity contribution in [2.24, 2.45) is 0 Å². The summed E-state index contributed by atoms with van der Waals surface area (Å²) in [5.74, 6) is -1.03. The van der Waals surface area contributed by atoms with Gasteiger partial charge in [-0.1, -0.05) is 0 Å². The largest absolute Gasteiger partial charge is 0.478 e. The van der Waals surface area contributed by atoms with Crippen molar-refractivity contribution in [1.82, 2.24) is 5.32 Å². The van der Waals surface area contributed by atoms with Gasteiger partial charge in [0.15, 0.2) is 0 Å². The Morgan fingerprint density at radius 1 is 1.38 bits per heavy atom. The van der Waals surface area contributed by atoms with Gasteiger partial charge in [0.2, 0.25) is 0 Å². The topological polar surface area (TPSA) is 96.9 Å². The van der Waals surface area contributed by atoms with Crippen LogP contribution >= 0.6 is 15.9 Å². The molecule has 0 bridgehead atoms. The zero-order chi connectivity index (χ0) is 15.2. The Morgan fingerprint density at radius 3 is 2.81 bits per heavy atom. The lowest BCUT2D eigenvalue weighted by atomic mass is 10.2. The van der Waals surface area contributed by atoms with Crippen LogP contribution in [0.4, 0.5) is 10.5 Å². The molecule has 2 rings (SSSR count). The highest BCUT2D eigenvalue weighted by Crippen LogP contribution is 2.23. The lowest BCUT2D eigenvalue weighted by molar-refractivity contribution is -0.0852. The molecule has 0 radical (unpaired) electrons. The smallest absolute Gasteiger partial charge is 0.335 e. The van der Waals surface area contributed by atoms with Crippen molar-refractivity contribution < 1.29 is 24.2 Å². The number of carbonyl (C=O) groups excluding carboxylic acids is 1. The minimum atomic E-state index is -1.03. The van der Waals surface area contributed by atoms with Gasteiger partial charge in [0, 0.05) is 11.0 Å². The highest BCUT2D eigenvalue weighted by Gasteiger charge is 2.15. The highest BCUT2D eigenvalue weighted by molar-refractivity contribution is 9.10. The maximum absolute atomic E-state index is 11.8. The van der Waals surface area contributed by atoms with Crippen LogP contribution in [0.1, 0.15) is 10.4 Å². The molecule has 1 unspecified atom stereocenters. The van der Waals surface area contributed by atoms with Crippen LogP contribution in [0.15, 0.2) is 22.7 Å². The second kappa shape index (κ2) is 7.39.